The van der Waals surface area contributed by atoms with E-state index in [4.69, 9.17) is 0 Å². The van der Waals surface area contributed by atoms with Crippen LogP contribution in [0.5, 0.6) is 0 Å². The van der Waals surface area contributed by atoms with Gasteiger partial charge in [0.2, 0.25) is 11.8 Å². The van der Waals surface area contributed by atoms with Crippen LogP contribution in [0.1, 0.15) is 55.5 Å². The number of amides is 2. The van der Waals surface area contributed by atoms with Gasteiger partial charge in [0.15, 0.2) is 0 Å². The lowest BCUT2D eigenvalue weighted by molar-refractivity contribution is -0.143. The molecule has 156 valence electrons. The Labute approximate surface area is 177 Å². The molecule has 0 bridgehead atoms. The molecule has 0 saturated heterocycles. The van der Waals surface area contributed by atoms with E-state index in [1.807, 2.05) is 46.6 Å². The molecule has 2 saturated carbocycles. The van der Waals surface area contributed by atoms with Gasteiger partial charge in [0.1, 0.15) is 6.54 Å². The van der Waals surface area contributed by atoms with Crippen LogP contribution in [0, 0.1) is 0 Å². The maximum absolute atomic E-state index is 13.3. The number of aromatic nitrogens is 1. The highest BCUT2D eigenvalue weighted by atomic mass is 32.1. The van der Waals surface area contributed by atoms with Gasteiger partial charge >= 0.3 is 0 Å². The second-order valence-corrected chi connectivity index (χ2v) is 9.47. The van der Waals surface area contributed by atoms with E-state index in [0.29, 0.717) is 19.0 Å². The zero-order valence-electron chi connectivity index (χ0n) is 17.3. The summed E-state index contributed by atoms with van der Waals surface area (Å²) in [5, 5.41) is 2.01. The topological polar surface area (TPSA) is 45.6 Å². The second kappa shape index (κ2) is 9.16. The van der Waals surface area contributed by atoms with Gasteiger partial charge in [0, 0.05) is 35.9 Å². The molecule has 0 N–H and O–H groups in total. The third kappa shape index (κ3) is 5.10. The Morgan fingerprint density at radius 1 is 1.00 bits per heavy atom. The molecule has 29 heavy (non-hydrogen) atoms. The number of carbonyl (C=O) groups is 2. The van der Waals surface area contributed by atoms with Gasteiger partial charge in [-0.1, -0.05) is 25.3 Å². The van der Waals surface area contributed by atoms with E-state index >= 15 is 0 Å². The van der Waals surface area contributed by atoms with Gasteiger partial charge in [-0.15, -0.1) is 11.3 Å². The number of hydrogen-bond acceptors (Lipinski definition) is 3. The van der Waals surface area contributed by atoms with Crippen molar-refractivity contribution in [1.82, 2.24) is 14.4 Å². The Morgan fingerprint density at radius 2 is 1.76 bits per heavy atom. The molecule has 0 spiro atoms. The zero-order valence-corrected chi connectivity index (χ0v) is 18.1. The number of aryl methyl sites for hydroxylation is 1. The first-order chi connectivity index (χ1) is 14.1. The van der Waals surface area contributed by atoms with Crippen molar-refractivity contribution in [3.05, 3.63) is 46.4 Å². The van der Waals surface area contributed by atoms with Crippen LogP contribution >= 0.6 is 11.3 Å². The van der Waals surface area contributed by atoms with E-state index in [9.17, 15) is 9.59 Å². The molecular formula is C23H31N3O2S. The van der Waals surface area contributed by atoms with E-state index < -0.39 is 0 Å². The predicted molar refractivity (Wildman–Crippen MR) is 116 cm³/mol. The lowest BCUT2D eigenvalue weighted by Crippen LogP contribution is -2.49. The summed E-state index contributed by atoms with van der Waals surface area (Å²) in [6.45, 7) is 0.848. The van der Waals surface area contributed by atoms with Crippen LogP contribution in [0.4, 0.5) is 0 Å². The molecule has 6 heteroatoms. The van der Waals surface area contributed by atoms with Crippen LogP contribution in [0.15, 0.2) is 35.8 Å². The predicted octanol–water partition coefficient (Wildman–Crippen LogP) is 3.98. The summed E-state index contributed by atoms with van der Waals surface area (Å²) in [5.41, 5.74) is 1.14. The van der Waals surface area contributed by atoms with Gasteiger partial charge in [0.05, 0.1) is 13.0 Å². The largest absolute Gasteiger partial charge is 0.353 e. The van der Waals surface area contributed by atoms with Crippen molar-refractivity contribution in [3.63, 3.8) is 0 Å². The average Bonchev–Trinajstić information content (AvgIpc) is 3.29. The third-order valence-corrected chi connectivity index (χ3v) is 7.12. The Balaban J connectivity index is 1.48. The molecule has 0 atom stereocenters. The van der Waals surface area contributed by atoms with E-state index in [-0.39, 0.29) is 24.4 Å². The fraction of sp³-hybridized carbons (Fsp3) is 0.565. The van der Waals surface area contributed by atoms with Crippen LogP contribution in [0.2, 0.25) is 0 Å². The SMILES string of the molecule is Cn1cccc1CN(C(=O)CN(C(=O)Cc1cccs1)C1CCCCC1)C1CC1. The zero-order chi connectivity index (χ0) is 20.2. The van der Waals surface area contributed by atoms with Crippen molar-refractivity contribution in [2.24, 2.45) is 7.05 Å². The minimum absolute atomic E-state index is 0.0961. The van der Waals surface area contributed by atoms with Gasteiger partial charge in [-0.25, -0.2) is 0 Å². The van der Waals surface area contributed by atoms with Crippen LogP contribution in [0.3, 0.4) is 0 Å². The Morgan fingerprint density at radius 3 is 2.38 bits per heavy atom. The van der Waals surface area contributed by atoms with Gasteiger partial charge in [-0.3, -0.25) is 9.59 Å². The average molecular weight is 414 g/mol. The molecular weight excluding hydrogens is 382 g/mol. The van der Waals surface area contributed by atoms with Crippen molar-refractivity contribution in [2.45, 2.75) is 70.0 Å². The monoisotopic (exact) mass is 413 g/mol. The van der Waals surface area contributed by atoms with Gasteiger partial charge < -0.3 is 14.4 Å². The molecule has 2 aromatic rings. The molecule has 0 aliphatic heterocycles. The first kappa shape index (κ1) is 20.2. The summed E-state index contributed by atoms with van der Waals surface area (Å²) >= 11 is 1.61. The summed E-state index contributed by atoms with van der Waals surface area (Å²) < 4.78 is 2.07. The molecule has 0 radical (unpaired) electrons. The summed E-state index contributed by atoms with van der Waals surface area (Å²) in [5.74, 6) is 0.195. The van der Waals surface area contributed by atoms with Crippen LogP contribution < -0.4 is 0 Å². The number of nitrogens with zero attached hydrogens (tertiary/aromatic N) is 3. The number of carbonyl (C=O) groups excluding carboxylic acids is 2. The molecule has 2 amide bonds. The lowest BCUT2D eigenvalue weighted by Gasteiger charge is -2.35. The molecule has 5 nitrogen and oxygen atoms in total. The van der Waals surface area contributed by atoms with E-state index in [1.165, 1.54) is 6.42 Å². The maximum atomic E-state index is 13.3. The van der Waals surface area contributed by atoms with Crippen molar-refractivity contribution >= 4 is 23.2 Å². The highest BCUT2D eigenvalue weighted by Crippen LogP contribution is 2.30. The number of hydrogen-bond donors (Lipinski definition) is 0. The van der Waals surface area contributed by atoms with Crippen LogP contribution in [0.25, 0.3) is 0 Å². The van der Waals surface area contributed by atoms with E-state index in [1.54, 1.807) is 11.3 Å². The fourth-order valence-electron chi connectivity index (χ4n) is 4.36. The summed E-state index contributed by atoms with van der Waals surface area (Å²) in [6.07, 6.45) is 10.1. The molecule has 4 rings (SSSR count). The standard InChI is InChI=1S/C23H31N3O2S/c1-24-13-5-9-20(24)16-25(19-11-12-19)23(28)17-26(18-7-3-2-4-8-18)22(27)15-21-10-6-14-29-21/h5-6,9-10,13-14,18-19H,2-4,7-8,11-12,15-17H2,1H3. The quantitative estimate of drug-likeness (QED) is 0.657. The smallest absolute Gasteiger partial charge is 0.242 e. The Kier molecular flexibility index (Phi) is 6.38. The minimum atomic E-state index is 0.0961. The first-order valence-electron chi connectivity index (χ1n) is 10.8. The van der Waals surface area contributed by atoms with Crippen LogP contribution in [-0.2, 0) is 29.6 Å². The van der Waals surface area contributed by atoms with Gasteiger partial charge in [-0.05, 0) is 49.3 Å². The van der Waals surface area contributed by atoms with Crippen molar-refractivity contribution < 1.29 is 9.59 Å². The van der Waals surface area contributed by atoms with Gasteiger partial charge in [-0.2, -0.15) is 0 Å². The molecule has 2 fully saturated rings. The highest BCUT2D eigenvalue weighted by molar-refractivity contribution is 7.10. The summed E-state index contributed by atoms with van der Waals surface area (Å²) in [7, 11) is 2.02. The molecule has 2 aliphatic carbocycles. The van der Waals surface area contributed by atoms with Crippen LogP contribution in [-0.4, -0.2) is 44.8 Å². The molecule has 2 aromatic heterocycles. The van der Waals surface area contributed by atoms with E-state index in [0.717, 1.165) is 49.1 Å². The molecule has 0 aromatic carbocycles. The minimum Gasteiger partial charge on any atom is -0.353 e. The van der Waals surface area contributed by atoms with Gasteiger partial charge in [0.25, 0.3) is 0 Å². The second-order valence-electron chi connectivity index (χ2n) is 8.43. The lowest BCUT2D eigenvalue weighted by atomic mass is 9.94. The first-order valence-corrected chi connectivity index (χ1v) is 11.7. The molecule has 2 heterocycles. The summed E-state index contributed by atoms with van der Waals surface area (Å²) in [4.78, 5) is 31.5. The number of thiophene rings is 1. The number of rotatable bonds is 8. The highest BCUT2D eigenvalue weighted by Gasteiger charge is 2.35. The van der Waals surface area contributed by atoms with E-state index in [2.05, 4.69) is 10.6 Å². The van der Waals surface area contributed by atoms with Crippen molar-refractivity contribution in [2.75, 3.05) is 6.54 Å². The molecule has 0 unspecified atom stereocenters. The third-order valence-electron chi connectivity index (χ3n) is 6.24. The Bertz CT molecular complexity index is 819. The summed E-state index contributed by atoms with van der Waals surface area (Å²) in [6, 6.07) is 8.62. The van der Waals surface area contributed by atoms with Crippen molar-refractivity contribution in [1.29, 1.82) is 0 Å². The fourth-order valence-corrected chi connectivity index (χ4v) is 5.05. The normalized spacial score (nSPS) is 17.3. The van der Waals surface area contributed by atoms with Crippen molar-refractivity contribution in [3.8, 4) is 0 Å². The molecule has 2 aliphatic rings. The Hall–Kier alpha value is -2.08. The maximum Gasteiger partial charge on any atom is 0.242 e.